The van der Waals surface area contributed by atoms with Crippen LogP contribution in [-0.4, -0.2) is 17.6 Å². The zero-order chi connectivity index (χ0) is 15.6. The minimum Gasteiger partial charge on any atom is -0.478 e. The summed E-state index contributed by atoms with van der Waals surface area (Å²) >= 11 is 1.63. The Morgan fingerprint density at radius 2 is 2.19 bits per heavy atom. The molecule has 0 bridgehead atoms. The van der Waals surface area contributed by atoms with Gasteiger partial charge in [0.05, 0.1) is 11.3 Å². The molecule has 0 saturated heterocycles. The molecule has 21 heavy (non-hydrogen) atoms. The fourth-order valence-electron chi connectivity index (χ4n) is 1.98. The second kappa shape index (κ2) is 5.73. The Labute approximate surface area is 126 Å². The summed E-state index contributed by atoms with van der Waals surface area (Å²) in [5, 5.41) is 14.0. The molecular weight excluding hydrogens is 291 g/mol. The normalized spacial score (nSPS) is 11.4. The van der Waals surface area contributed by atoms with Crippen molar-refractivity contribution in [2.75, 3.05) is 17.6 Å². The Morgan fingerprint density at radius 3 is 2.76 bits per heavy atom. The SMILES string of the molecule is CC(C)(CNc1cc(C(=O)O)c(N)cc1F)c1cccs1. The van der Waals surface area contributed by atoms with Gasteiger partial charge in [0.15, 0.2) is 0 Å². The molecule has 4 nitrogen and oxygen atoms in total. The molecule has 0 amide bonds. The van der Waals surface area contributed by atoms with Crippen LogP contribution < -0.4 is 11.1 Å². The van der Waals surface area contributed by atoms with Gasteiger partial charge >= 0.3 is 5.97 Å². The van der Waals surface area contributed by atoms with Crippen LogP contribution in [0.15, 0.2) is 29.6 Å². The van der Waals surface area contributed by atoms with E-state index in [1.54, 1.807) is 11.3 Å². The first-order valence-corrected chi connectivity index (χ1v) is 7.29. The molecule has 112 valence electrons. The third-order valence-electron chi connectivity index (χ3n) is 3.28. The third-order valence-corrected chi connectivity index (χ3v) is 4.51. The number of thiophene rings is 1. The molecule has 0 spiro atoms. The van der Waals surface area contributed by atoms with Crippen molar-refractivity contribution >= 4 is 28.7 Å². The number of hydrogen-bond donors (Lipinski definition) is 3. The number of anilines is 2. The quantitative estimate of drug-likeness (QED) is 0.738. The summed E-state index contributed by atoms with van der Waals surface area (Å²) in [7, 11) is 0. The minimum atomic E-state index is -1.17. The number of carbonyl (C=O) groups is 1. The molecule has 0 radical (unpaired) electrons. The summed E-state index contributed by atoms with van der Waals surface area (Å²) in [6.07, 6.45) is 0. The highest BCUT2D eigenvalue weighted by atomic mass is 32.1. The number of benzene rings is 1. The fourth-order valence-corrected chi connectivity index (χ4v) is 2.83. The summed E-state index contributed by atoms with van der Waals surface area (Å²) in [6, 6.07) is 6.25. The van der Waals surface area contributed by atoms with Crippen molar-refractivity contribution in [1.82, 2.24) is 0 Å². The second-order valence-electron chi connectivity index (χ2n) is 5.44. The van der Waals surface area contributed by atoms with E-state index in [9.17, 15) is 9.18 Å². The number of halogens is 1. The summed E-state index contributed by atoms with van der Waals surface area (Å²) in [4.78, 5) is 12.2. The van der Waals surface area contributed by atoms with E-state index in [0.29, 0.717) is 6.54 Å². The first-order chi connectivity index (χ1) is 9.81. The van der Waals surface area contributed by atoms with Crippen molar-refractivity contribution in [2.24, 2.45) is 0 Å². The number of carboxylic acid groups (broad SMARTS) is 1. The standard InChI is InChI=1S/C15H17FN2O2S/c1-15(2,13-4-3-5-21-13)8-18-12-6-9(14(19)20)11(17)7-10(12)16/h3-7,18H,8,17H2,1-2H3,(H,19,20). The van der Waals surface area contributed by atoms with Crippen molar-refractivity contribution in [2.45, 2.75) is 19.3 Å². The maximum Gasteiger partial charge on any atom is 0.337 e. The predicted molar refractivity (Wildman–Crippen MR) is 83.6 cm³/mol. The van der Waals surface area contributed by atoms with Crippen molar-refractivity contribution in [3.63, 3.8) is 0 Å². The van der Waals surface area contributed by atoms with Crippen LogP contribution in [0.2, 0.25) is 0 Å². The molecule has 0 aliphatic heterocycles. The van der Waals surface area contributed by atoms with Gasteiger partial charge in [0.25, 0.3) is 0 Å². The number of hydrogen-bond acceptors (Lipinski definition) is 4. The topological polar surface area (TPSA) is 75.3 Å². The van der Waals surface area contributed by atoms with Gasteiger partial charge in [-0.3, -0.25) is 0 Å². The van der Waals surface area contributed by atoms with Gasteiger partial charge in [-0.1, -0.05) is 19.9 Å². The molecule has 1 aromatic heterocycles. The maximum atomic E-state index is 13.9. The van der Waals surface area contributed by atoms with Gasteiger partial charge in [-0.2, -0.15) is 0 Å². The van der Waals surface area contributed by atoms with E-state index in [4.69, 9.17) is 10.8 Å². The number of aromatic carboxylic acids is 1. The molecule has 1 heterocycles. The highest BCUT2D eigenvalue weighted by molar-refractivity contribution is 7.10. The van der Waals surface area contributed by atoms with Crippen LogP contribution >= 0.6 is 11.3 Å². The van der Waals surface area contributed by atoms with Crippen LogP contribution in [0.1, 0.15) is 29.1 Å². The number of nitrogens with two attached hydrogens (primary N) is 1. The molecule has 0 aliphatic carbocycles. The smallest absolute Gasteiger partial charge is 0.337 e. The van der Waals surface area contributed by atoms with Gasteiger partial charge in [0.2, 0.25) is 0 Å². The molecule has 0 atom stereocenters. The van der Waals surface area contributed by atoms with Crippen molar-refractivity contribution in [1.29, 1.82) is 0 Å². The van der Waals surface area contributed by atoms with Crippen molar-refractivity contribution in [3.05, 3.63) is 45.9 Å². The third kappa shape index (κ3) is 3.33. The summed E-state index contributed by atoms with van der Waals surface area (Å²) in [5.74, 6) is -1.73. The lowest BCUT2D eigenvalue weighted by molar-refractivity contribution is 0.0698. The Balaban J connectivity index is 2.20. The number of carboxylic acids is 1. The van der Waals surface area contributed by atoms with E-state index in [1.165, 1.54) is 10.9 Å². The highest BCUT2D eigenvalue weighted by Crippen LogP contribution is 2.29. The summed E-state index contributed by atoms with van der Waals surface area (Å²) in [5.41, 5.74) is 5.27. The van der Waals surface area contributed by atoms with Crippen molar-refractivity contribution < 1.29 is 14.3 Å². The zero-order valence-corrected chi connectivity index (χ0v) is 12.6. The largest absolute Gasteiger partial charge is 0.478 e. The predicted octanol–water partition coefficient (Wildman–Crippen LogP) is 3.56. The molecule has 2 aromatic rings. The fraction of sp³-hybridized carbons (Fsp3) is 0.267. The molecule has 1 aromatic carbocycles. The molecule has 0 saturated carbocycles. The number of nitrogens with one attached hydrogen (secondary N) is 1. The molecule has 0 unspecified atom stereocenters. The highest BCUT2D eigenvalue weighted by Gasteiger charge is 2.22. The van der Waals surface area contributed by atoms with Gasteiger partial charge in [-0.05, 0) is 23.6 Å². The van der Waals surface area contributed by atoms with E-state index >= 15 is 0 Å². The monoisotopic (exact) mass is 308 g/mol. The number of rotatable bonds is 5. The summed E-state index contributed by atoms with van der Waals surface area (Å²) in [6.45, 7) is 4.56. The van der Waals surface area contributed by atoms with E-state index in [-0.39, 0.29) is 22.4 Å². The molecule has 4 N–H and O–H groups in total. The maximum absolute atomic E-state index is 13.9. The lowest BCUT2D eigenvalue weighted by Crippen LogP contribution is -2.27. The van der Waals surface area contributed by atoms with Gasteiger partial charge < -0.3 is 16.2 Å². The van der Waals surface area contributed by atoms with Gasteiger partial charge in [0, 0.05) is 22.5 Å². The first kappa shape index (κ1) is 15.3. The van der Waals surface area contributed by atoms with E-state index < -0.39 is 11.8 Å². The van der Waals surface area contributed by atoms with Crippen LogP contribution in [-0.2, 0) is 5.41 Å². The second-order valence-corrected chi connectivity index (χ2v) is 6.39. The van der Waals surface area contributed by atoms with Crippen LogP contribution in [0, 0.1) is 5.82 Å². The Hall–Kier alpha value is -2.08. The average molecular weight is 308 g/mol. The Bertz CT molecular complexity index is 654. The molecule has 6 heteroatoms. The lowest BCUT2D eigenvalue weighted by atomic mass is 9.91. The van der Waals surface area contributed by atoms with Gasteiger partial charge in [-0.15, -0.1) is 11.3 Å². The van der Waals surface area contributed by atoms with Crippen LogP contribution in [0.5, 0.6) is 0 Å². The van der Waals surface area contributed by atoms with E-state index in [2.05, 4.69) is 5.32 Å². The summed E-state index contributed by atoms with van der Waals surface area (Å²) < 4.78 is 13.9. The van der Waals surface area contributed by atoms with Crippen LogP contribution in [0.4, 0.5) is 15.8 Å². The minimum absolute atomic E-state index is 0.0805. The van der Waals surface area contributed by atoms with E-state index in [1.807, 2.05) is 31.4 Å². The van der Waals surface area contributed by atoms with Crippen LogP contribution in [0.25, 0.3) is 0 Å². The Kier molecular flexibility index (Phi) is 4.18. The van der Waals surface area contributed by atoms with Crippen LogP contribution in [0.3, 0.4) is 0 Å². The average Bonchev–Trinajstić information content (AvgIpc) is 2.91. The number of nitrogen functional groups attached to an aromatic ring is 1. The zero-order valence-electron chi connectivity index (χ0n) is 11.8. The lowest BCUT2D eigenvalue weighted by Gasteiger charge is -2.24. The van der Waals surface area contributed by atoms with Crippen molar-refractivity contribution in [3.8, 4) is 0 Å². The first-order valence-electron chi connectivity index (χ1n) is 6.41. The Morgan fingerprint density at radius 1 is 1.48 bits per heavy atom. The molecular formula is C15H17FN2O2S. The molecule has 0 fully saturated rings. The van der Waals surface area contributed by atoms with E-state index in [0.717, 1.165) is 6.07 Å². The molecule has 0 aliphatic rings. The van der Waals surface area contributed by atoms with Gasteiger partial charge in [-0.25, -0.2) is 9.18 Å². The van der Waals surface area contributed by atoms with Gasteiger partial charge in [0.1, 0.15) is 5.82 Å². The molecule has 2 rings (SSSR count).